The summed E-state index contributed by atoms with van der Waals surface area (Å²) in [6.45, 7) is 4.33. The molecule has 0 aromatic heterocycles. The number of nitrogens with one attached hydrogen (secondary N) is 2. The summed E-state index contributed by atoms with van der Waals surface area (Å²) in [6, 6.07) is -1.99. The van der Waals surface area contributed by atoms with E-state index in [-0.39, 0.29) is 18.0 Å². The first-order chi connectivity index (χ1) is 9.13. The molecule has 1 aliphatic heterocycles. The second-order valence-electron chi connectivity index (χ2n) is 4.74. The highest BCUT2D eigenvalue weighted by atomic mass is 19.4. The monoisotopic (exact) mass is 297 g/mol. The number of rotatable bonds is 3. The third-order valence-corrected chi connectivity index (χ3v) is 3.21. The first-order valence-electron chi connectivity index (χ1n) is 6.20. The fraction of sp³-hybridized carbons (Fsp3) is 0.818. The third-order valence-electron chi connectivity index (χ3n) is 3.21. The van der Waals surface area contributed by atoms with Crippen molar-refractivity contribution in [1.29, 1.82) is 0 Å². The maximum absolute atomic E-state index is 11.9. The van der Waals surface area contributed by atoms with Gasteiger partial charge >= 0.3 is 12.2 Å². The van der Waals surface area contributed by atoms with Crippen LogP contribution in [0.3, 0.4) is 0 Å². The van der Waals surface area contributed by atoms with Gasteiger partial charge in [0.15, 0.2) is 0 Å². The van der Waals surface area contributed by atoms with Gasteiger partial charge in [-0.2, -0.15) is 13.2 Å². The van der Waals surface area contributed by atoms with E-state index in [4.69, 9.17) is 0 Å². The number of halogens is 3. The van der Waals surface area contributed by atoms with Crippen LogP contribution in [0.5, 0.6) is 0 Å². The average Bonchev–Trinajstić information content (AvgIpc) is 2.31. The number of nitrogens with zero attached hydrogens (tertiary/aromatic N) is 1. The average molecular weight is 297 g/mol. The number of hydrogen-bond acceptors (Lipinski definition) is 3. The molecule has 2 N–H and O–H groups in total. The molecule has 0 saturated carbocycles. The van der Waals surface area contributed by atoms with Crippen molar-refractivity contribution in [2.75, 3.05) is 6.61 Å². The van der Waals surface area contributed by atoms with Crippen molar-refractivity contribution in [3.8, 4) is 0 Å². The van der Waals surface area contributed by atoms with Gasteiger partial charge in [-0.3, -0.25) is 9.63 Å². The molecule has 3 atom stereocenters. The van der Waals surface area contributed by atoms with Crippen LogP contribution >= 0.6 is 0 Å². The summed E-state index contributed by atoms with van der Waals surface area (Å²) < 4.78 is 35.7. The molecule has 0 bridgehead atoms. The molecule has 0 aliphatic carbocycles. The molecule has 116 valence electrons. The lowest BCUT2D eigenvalue weighted by Gasteiger charge is -2.41. The molecule has 20 heavy (non-hydrogen) atoms. The van der Waals surface area contributed by atoms with Crippen LogP contribution in [0.25, 0.3) is 0 Å². The van der Waals surface area contributed by atoms with Gasteiger partial charge in [0.05, 0.1) is 19.1 Å². The lowest BCUT2D eigenvalue weighted by atomic mass is 10.0. The lowest BCUT2D eigenvalue weighted by molar-refractivity contribution is -0.149. The maximum Gasteiger partial charge on any atom is 0.391 e. The molecule has 0 radical (unpaired) electrons. The van der Waals surface area contributed by atoms with Gasteiger partial charge in [-0.05, 0) is 20.8 Å². The number of carbonyl (C=O) groups is 2. The summed E-state index contributed by atoms with van der Waals surface area (Å²) in [5.74, 6) is -0.318. The number of amides is 3. The number of urea groups is 1. The van der Waals surface area contributed by atoms with Gasteiger partial charge < -0.3 is 10.2 Å². The Hall–Kier alpha value is -1.51. The maximum atomic E-state index is 11.9. The highest BCUT2D eigenvalue weighted by molar-refractivity contribution is 5.88. The summed E-state index contributed by atoms with van der Waals surface area (Å²) in [6.07, 6.45) is -5.50. The molecule has 1 heterocycles. The smallest absolute Gasteiger partial charge is 0.350 e. The Labute approximate surface area is 114 Å². The molecule has 9 heteroatoms. The molecule has 6 nitrogen and oxygen atoms in total. The van der Waals surface area contributed by atoms with Crippen molar-refractivity contribution in [2.24, 2.45) is 0 Å². The molecular formula is C11H18F3N3O3. The zero-order valence-corrected chi connectivity index (χ0v) is 11.5. The number of hydroxylamine groups is 1. The highest BCUT2D eigenvalue weighted by Crippen LogP contribution is 2.19. The molecule has 1 saturated heterocycles. The summed E-state index contributed by atoms with van der Waals surface area (Å²) in [7, 11) is 0. The quantitative estimate of drug-likeness (QED) is 0.607. The first kappa shape index (κ1) is 16.5. The van der Waals surface area contributed by atoms with Crippen LogP contribution < -0.4 is 10.8 Å². The fourth-order valence-electron chi connectivity index (χ4n) is 1.88. The number of piperazine rings is 1. The van der Waals surface area contributed by atoms with Crippen molar-refractivity contribution in [1.82, 2.24) is 15.7 Å². The van der Waals surface area contributed by atoms with Gasteiger partial charge in [-0.1, -0.05) is 0 Å². The Morgan fingerprint density at radius 3 is 2.55 bits per heavy atom. The van der Waals surface area contributed by atoms with Crippen molar-refractivity contribution in [3.05, 3.63) is 0 Å². The van der Waals surface area contributed by atoms with E-state index in [1.807, 2.05) is 5.48 Å². The van der Waals surface area contributed by atoms with E-state index < -0.39 is 31.3 Å². The first-order valence-corrected chi connectivity index (χ1v) is 6.20. The molecule has 1 fully saturated rings. The minimum Gasteiger partial charge on any atom is -0.350 e. The summed E-state index contributed by atoms with van der Waals surface area (Å²) in [5.41, 5.74) is 1.93. The standard InChI is InChI=1S/C11H18F3N3O3/c1-6-7(2)17(8(3)9(18)15-6)10(19)16-20-5-4-11(12,13)14/h6-8H,4-5H2,1-3H3,(H,15,18)(H,16,19). The van der Waals surface area contributed by atoms with E-state index in [1.165, 1.54) is 11.8 Å². The van der Waals surface area contributed by atoms with Crippen molar-refractivity contribution in [2.45, 2.75) is 51.5 Å². The van der Waals surface area contributed by atoms with Gasteiger partial charge in [-0.15, -0.1) is 0 Å². The number of alkyl halides is 3. The van der Waals surface area contributed by atoms with Gasteiger partial charge in [0.25, 0.3) is 0 Å². The minimum absolute atomic E-state index is 0.250. The number of carbonyl (C=O) groups excluding carboxylic acids is 2. The van der Waals surface area contributed by atoms with Crippen LogP contribution in [0, 0.1) is 0 Å². The predicted molar refractivity (Wildman–Crippen MR) is 63.5 cm³/mol. The largest absolute Gasteiger partial charge is 0.391 e. The molecule has 1 aliphatic rings. The van der Waals surface area contributed by atoms with Crippen LogP contribution in [-0.4, -0.2) is 47.7 Å². The predicted octanol–water partition coefficient (Wildman–Crippen LogP) is 1.18. The van der Waals surface area contributed by atoms with E-state index in [0.29, 0.717) is 0 Å². The Bertz CT molecular complexity index is 376. The molecular weight excluding hydrogens is 279 g/mol. The van der Waals surface area contributed by atoms with Crippen LogP contribution in [0.2, 0.25) is 0 Å². The van der Waals surface area contributed by atoms with Crippen LogP contribution in [-0.2, 0) is 9.63 Å². The van der Waals surface area contributed by atoms with Crippen LogP contribution in [0.4, 0.5) is 18.0 Å². The molecule has 0 aromatic carbocycles. The molecule has 0 aromatic rings. The Morgan fingerprint density at radius 2 is 2.00 bits per heavy atom. The Kier molecular flexibility index (Phi) is 5.21. The number of hydrogen-bond donors (Lipinski definition) is 2. The zero-order valence-electron chi connectivity index (χ0n) is 11.5. The second-order valence-corrected chi connectivity index (χ2v) is 4.74. The van der Waals surface area contributed by atoms with Crippen LogP contribution in [0.15, 0.2) is 0 Å². The van der Waals surface area contributed by atoms with Crippen LogP contribution in [0.1, 0.15) is 27.2 Å². The zero-order chi connectivity index (χ0) is 15.5. The SMILES string of the molecule is CC1NC(=O)C(C)N(C(=O)NOCCC(F)(F)F)C1C. The van der Waals surface area contributed by atoms with Crippen molar-refractivity contribution < 1.29 is 27.6 Å². The molecule has 0 spiro atoms. The van der Waals surface area contributed by atoms with E-state index in [9.17, 15) is 22.8 Å². The van der Waals surface area contributed by atoms with Gasteiger partial charge in [0.2, 0.25) is 5.91 Å². The fourth-order valence-corrected chi connectivity index (χ4v) is 1.88. The summed E-state index contributed by atoms with van der Waals surface area (Å²) >= 11 is 0. The molecule has 1 rings (SSSR count). The molecule has 3 amide bonds. The molecule has 3 unspecified atom stereocenters. The summed E-state index contributed by atoms with van der Waals surface area (Å²) in [5, 5.41) is 2.70. The van der Waals surface area contributed by atoms with Gasteiger partial charge in [-0.25, -0.2) is 10.3 Å². The van der Waals surface area contributed by atoms with Gasteiger partial charge in [0, 0.05) is 6.04 Å². The van der Waals surface area contributed by atoms with Gasteiger partial charge in [0.1, 0.15) is 6.04 Å². The Balaban J connectivity index is 2.50. The van der Waals surface area contributed by atoms with E-state index in [1.54, 1.807) is 13.8 Å². The van der Waals surface area contributed by atoms with Crippen molar-refractivity contribution in [3.63, 3.8) is 0 Å². The highest BCUT2D eigenvalue weighted by Gasteiger charge is 2.38. The topological polar surface area (TPSA) is 70.7 Å². The van der Waals surface area contributed by atoms with E-state index >= 15 is 0 Å². The minimum atomic E-state index is -4.34. The third kappa shape index (κ3) is 4.26. The summed E-state index contributed by atoms with van der Waals surface area (Å²) in [4.78, 5) is 29.2. The van der Waals surface area contributed by atoms with E-state index in [0.717, 1.165) is 0 Å². The second kappa shape index (κ2) is 6.29. The lowest BCUT2D eigenvalue weighted by Crippen LogP contribution is -2.65. The normalized spacial score (nSPS) is 27.2. The Morgan fingerprint density at radius 1 is 1.40 bits per heavy atom. The van der Waals surface area contributed by atoms with E-state index in [2.05, 4.69) is 10.2 Å². The van der Waals surface area contributed by atoms with Crippen molar-refractivity contribution >= 4 is 11.9 Å².